The lowest BCUT2D eigenvalue weighted by atomic mass is 10.2. The number of hydrogen-bond donors (Lipinski definition) is 2. The monoisotopic (exact) mass is 266 g/mol. The molecule has 0 saturated heterocycles. The van der Waals surface area contributed by atoms with E-state index in [4.69, 9.17) is 9.68 Å². The average molecular weight is 266 g/mol. The van der Waals surface area contributed by atoms with Crippen LogP contribution in [-0.2, 0) is 6.54 Å². The van der Waals surface area contributed by atoms with Crippen molar-refractivity contribution in [3.8, 4) is 6.19 Å². The first kappa shape index (κ1) is 11.9. The minimum atomic E-state index is 0.454. The summed E-state index contributed by atoms with van der Waals surface area (Å²) in [5.41, 5.74) is 2.62. The highest BCUT2D eigenvalue weighted by Gasteiger charge is 2.02. The molecule has 0 bridgehead atoms. The quantitative estimate of drug-likeness (QED) is 0.551. The minimum absolute atomic E-state index is 0.454. The normalized spacial score (nSPS) is 10.2. The van der Waals surface area contributed by atoms with E-state index in [0.717, 1.165) is 16.7 Å². The molecule has 3 rings (SSSR count). The maximum Gasteiger partial charge on any atom is 0.182 e. The number of anilines is 2. The summed E-state index contributed by atoms with van der Waals surface area (Å²) in [5.74, 6) is 1.09. The summed E-state index contributed by atoms with van der Waals surface area (Å²) in [6.45, 7) is 0.583. The zero-order valence-electron chi connectivity index (χ0n) is 10.4. The van der Waals surface area contributed by atoms with Gasteiger partial charge in [-0.2, -0.15) is 5.26 Å². The highest BCUT2D eigenvalue weighted by Crippen LogP contribution is 2.15. The fourth-order valence-electron chi connectivity index (χ4n) is 1.78. The van der Waals surface area contributed by atoms with Gasteiger partial charge in [0.2, 0.25) is 0 Å². The van der Waals surface area contributed by atoms with Crippen LogP contribution < -0.4 is 10.6 Å². The third-order valence-corrected chi connectivity index (χ3v) is 2.72. The molecule has 0 saturated carbocycles. The van der Waals surface area contributed by atoms with Crippen LogP contribution in [-0.4, -0.2) is 15.0 Å². The second-order valence-electron chi connectivity index (χ2n) is 4.03. The van der Waals surface area contributed by atoms with Gasteiger partial charge in [-0.25, -0.2) is 15.0 Å². The van der Waals surface area contributed by atoms with Gasteiger partial charge in [0.15, 0.2) is 18.2 Å². The van der Waals surface area contributed by atoms with Gasteiger partial charge in [0.25, 0.3) is 0 Å². The van der Waals surface area contributed by atoms with Crippen molar-refractivity contribution in [2.75, 3.05) is 10.6 Å². The lowest BCUT2D eigenvalue weighted by molar-refractivity contribution is 0.602. The zero-order chi connectivity index (χ0) is 13.8. The molecule has 7 nitrogen and oxygen atoms in total. The van der Waals surface area contributed by atoms with Crippen LogP contribution >= 0.6 is 0 Å². The standard InChI is InChI=1S/C13H10N6O/c14-6-16-13-4-12(17-7-18-13)15-5-9-1-2-10-11(3-9)20-8-19-10/h1-4,7-8H,5H2,(H2,15,16,17,18). The van der Waals surface area contributed by atoms with Gasteiger partial charge in [-0.3, -0.25) is 5.32 Å². The lowest BCUT2D eigenvalue weighted by Gasteiger charge is -2.06. The van der Waals surface area contributed by atoms with Gasteiger partial charge in [0.05, 0.1) is 0 Å². The molecule has 0 aliphatic rings. The van der Waals surface area contributed by atoms with Crippen LogP contribution in [0.1, 0.15) is 5.56 Å². The molecule has 0 fully saturated rings. The summed E-state index contributed by atoms with van der Waals surface area (Å²) in [5, 5.41) is 14.2. The van der Waals surface area contributed by atoms with E-state index in [1.54, 1.807) is 6.07 Å². The van der Waals surface area contributed by atoms with Crippen LogP contribution in [0.5, 0.6) is 0 Å². The molecule has 0 spiro atoms. The summed E-state index contributed by atoms with van der Waals surface area (Å²) >= 11 is 0. The predicted octanol–water partition coefficient (Wildman–Crippen LogP) is 2.12. The molecule has 2 heterocycles. The number of nitrogens with zero attached hydrogens (tertiary/aromatic N) is 4. The molecule has 0 unspecified atom stereocenters. The first-order valence-electron chi connectivity index (χ1n) is 5.88. The summed E-state index contributed by atoms with van der Waals surface area (Å²) < 4.78 is 5.25. The first-order valence-corrected chi connectivity index (χ1v) is 5.88. The van der Waals surface area contributed by atoms with Crippen LogP contribution in [0.3, 0.4) is 0 Å². The minimum Gasteiger partial charge on any atom is -0.443 e. The van der Waals surface area contributed by atoms with Crippen LogP contribution in [0.25, 0.3) is 11.1 Å². The van der Waals surface area contributed by atoms with Crippen LogP contribution in [0.4, 0.5) is 11.6 Å². The van der Waals surface area contributed by atoms with E-state index in [-0.39, 0.29) is 0 Å². The Morgan fingerprint density at radius 2 is 2.05 bits per heavy atom. The number of rotatable bonds is 4. The van der Waals surface area contributed by atoms with E-state index >= 15 is 0 Å². The zero-order valence-corrected chi connectivity index (χ0v) is 10.4. The van der Waals surface area contributed by atoms with Gasteiger partial charge in [0, 0.05) is 12.6 Å². The molecule has 7 heteroatoms. The molecule has 0 radical (unpaired) electrons. The fraction of sp³-hybridized carbons (Fsp3) is 0.0769. The van der Waals surface area contributed by atoms with Crippen molar-refractivity contribution in [3.63, 3.8) is 0 Å². The SMILES string of the molecule is N#CNc1cc(NCc2ccc3ncoc3c2)ncn1. The van der Waals surface area contributed by atoms with Gasteiger partial charge in [0.1, 0.15) is 23.5 Å². The number of aromatic nitrogens is 3. The molecule has 20 heavy (non-hydrogen) atoms. The van der Waals surface area contributed by atoms with E-state index < -0.39 is 0 Å². The molecular formula is C13H10N6O. The molecule has 0 amide bonds. The average Bonchev–Trinajstić information content (AvgIpc) is 2.93. The number of hydrogen-bond acceptors (Lipinski definition) is 7. The van der Waals surface area contributed by atoms with Gasteiger partial charge in [-0.15, -0.1) is 0 Å². The van der Waals surface area contributed by atoms with Gasteiger partial charge in [-0.05, 0) is 17.7 Å². The molecule has 2 aromatic heterocycles. The van der Waals surface area contributed by atoms with Crippen LogP contribution in [0.15, 0.2) is 41.4 Å². The van der Waals surface area contributed by atoms with Gasteiger partial charge in [-0.1, -0.05) is 6.07 Å². The number of nitrogens with one attached hydrogen (secondary N) is 2. The molecule has 2 N–H and O–H groups in total. The van der Waals surface area contributed by atoms with Crippen molar-refractivity contribution in [1.29, 1.82) is 5.26 Å². The summed E-state index contributed by atoms with van der Waals surface area (Å²) in [7, 11) is 0. The number of nitriles is 1. The van der Waals surface area contributed by atoms with E-state index in [1.165, 1.54) is 12.7 Å². The van der Waals surface area contributed by atoms with E-state index in [2.05, 4.69) is 25.6 Å². The van der Waals surface area contributed by atoms with Crippen molar-refractivity contribution in [3.05, 3.63) is 42.5 Å². The third-order valence-electron chi connectivity index (χ3n) is 2.72. The van der Waals surface area contributed by atoms with Crippen LogP contribution in [0.2, 0.25) is 0 Å². The Hall–Kier alpha value is -3.14. The summed E-state index contributed by atoms with van der Waals surface area (Å²) in [4.78, 5) is 12.1. The first-order chi connectivity index (χ1) is 9.85. The van der Waals surface area contributed by atoms with Crippen molar-refractivity contribution < 1.29 is 4.42 Å². The lowest BCUT2D eigenvalue weighted by Crippen LogP contribution is -2.02. The Morgan fingerprint density at radius 1 is 1.15 bits per heavy atom. The molecule has 3 aromatic rings. The largest absolute Gasteiger partial charge is 0.443 e. The van der Waals surface area contributed by atoms with Crippen molar-refractivity contribution in [2.24, 2.45) is 0 Å². The highest BCUT2D eigenvalue weighted by molar-refractivity contribution is 5.72. The second kappa shape index (κ2) is 5.24. The van der Waals surface area contributed by atoms with Crippen LogP contribution in [0, 0.1) is 11.5 Å². The van der Waals surface area contributed by atoms with Gasteiger partial charge < -0.3 is 9.73 Å². The van der Waals surface area contributed by atoms with E-state index in [1.807, 2.05) is 24.4 Å². The Bertz CT molecular complexity index is 776. The molecular weight excluding hydrogens is 256 g/mol. The maximum absolute atomic E-state index is 8.54. The van der Waals surface area contributed by atoms with E-state index in [0.29, 0.717) is 18.2 Å². The highest BCUT2D eigenvalue weighted by atomic mass is 16.3. The Labute approximate surface area is 114 Å². The Balaban J connectivity index is 1.72. The number of fused-ring (bicyclic) bond motifs is 1. The topological polar surface area (TPSA) is 99.7 Å². The van der Waals surface area contributed by atoms with E-state index in [9.17, 15) is 0 Å². The number of oxazole rings is 1. The molecule has 98 valence electrons. The van der Waals surface area contributed by atoms with Crippen molar-refractivity contribution in [2.45, 2.75) is 6.54 Å². The maximum atomic E-state index is 8.54. The predicted molar refractivity (Wildman–Crippen MR) is 72.6 cm³/mol. The Morgan fingerprint density at radius 3 is 2.95 bits per heavy atom. The Kier molecular flexibility index (Phi) is 3.12. The third kappa shape index (κ3) is 2.49. The van der Waals surface area contributed by atoms with Crippen molar-refractivity contribution >= 4 is 22.7 Å². The van der Waals surface area contributed by atoms with Gasteiger partial charge >= 0.3 is 0 Å². The summed E-state index contributed by atoms with van der Waals surface area (Å²) in [6, 6.07) is 7.45. The molecule has 0 atom stereocenters. The molecule has 1 aromatic carbocycles. The van der Waals surface area contributed by atoms with Crippen molar-refractivity contribution in [1.82, 2.24) is 15.0 Å². The molecule has 0 aliphatic heterocycles. The smallest absolute Gasteiger partial charge is 0.182 e. The second-order valence-corrected chi connectivity index (χ2v) is 4.03. The fourth-order valence-corrected chi connectivity index (χ4v) is 1.78. The molecule has 0 aliphatic carbocycles. The number of benzene rings is 1. The summed E-state index contributed by atoms with van der Waals surface area (Å²) in [6.07, 6.45) is 4.63.